The largest absolute Gasteiger partial charge is 0.273 e. The fourth-order valence-corrected chi connectivity index (χ4v) is 2.33. The van der Waals surface area contributed by atoms with Crippen molar-refractivity contribution in [3.05, 3.63) is 46.5 Å². The Morgan fingerprint density at radius 1 is 1.45 bits per heavy atom. The van der Waals surface area contributed by atoms with Crippen molar-refractivity contribution in [1.82, 2.24) is 15.2 Å². The molecule has 3 rings (SSSR count). The Hall–Kier alpha value is -2.21. The Balaban J connectivity index is 1.81. The van der Waals surface area contributed by atoms with Crippen LogP contribution in [-0.2, 0) is 4.79 Å². The molecule has 1 heterocycles. The second kappa shape index (κ2) is 5.88. The van der Waals surface area contributed by atoms with Gasteiger partial charge in [0.15, 0.2) is 0 Å². The first kappa shape index (κ1) is 14.7. The summed E-state index contributed by atoms with van der Waals surface area (Å²) in [7, 11) is 0. The minimum absolute atomic E-state index is 0.0732. The highest BCUT2D eigenvalue weighted by atomic mass is 35.5. The molecule has 22 heavy (non-hydrogen) atoms. The first-order chi connectivity index (χ1) is 10.6. The number of nitrogens with one attached hydrogen (secondary N) is 1. The first-order valence-electron chi connectivity index (χ1n) is 6.90. The molecule has 0 spiro atoms. The summed E-state index contributed by atoms with van der Waals surface area (Å²) >= 11 is 6.30. The fourth-order valence-electron chi connectivity index (χ4n) is 2.01. The van der Waals surface area contributed by atoms with Gasteiger partial charge in [0.05, 0.1) is 23.2 Å². The highest BCUT2D eigenvalue weighted by Crippen LogP contribution is 2.28. The van der Waals surface area contributed by atoms with Crippen molar-refractivity contribution in [2.24, 2.45) is 11.0 Å². The SMILES string of the molecule is Cc1nn(-c2ccc(F)cc2)c(Cl)c1/C=N\NC(=O)C1CC1. The maximum absolute atomic E-state index is 13.0. The maximum atomic E-state index is 13.0. The molecule has 5 nitrogen and oxygen atoms in total. The summed E-state index contributed by atoms with van der Waals surface area (Å²) in [5.74, 6) is -0.306. The van der Waals surface area contributed by atoms with Crippen LogP contribution >= 0.6 is 11.6 Å². The molecule has 1 N–H and O–H groups in total. The maximum Gasteiger partial charge on any atom is 0.243 e. The minimum atomic E-state index is -0.326. The van der Waals surface area contributed by atoms with Crippen LogP contribution in [0.5, 0.6) is 0 Å². The predicted octanol–water partition coefficient (Wildman–Crippen LogP) is 2.83. The normalized spacial score (nSPS) is 14.5. The fraction of sp³-hybridized carbons (Fsp3) is 0.267. The van der Waals surface area contributed by atoms with Crippen LogP contribution in [-0.4, -0.2) is 21.9 Å². The van der Waals surface area contributed by atoms with Crippen molar-refractivity contribution in [3.63, 3.8) is 0 Å². The zero-order valence-electron chi connectivity index (χ0n) is 11.9. The average molecular weight is 321 g/mol. The Morgan fingerprint density at radius 3 is 2.77 bits per heavy atom. The molecule has 1 fully saturated rings. The van der Waals surface area contributed by atoms with Gasteiger partial charge in [-0.3, -0.25) is 4.79 Å². The number of carbonyl (C=O) groups excluding carboxylic acids is 1. The third-order valence-corrected chi connectivity index (χ3v) is 3.80. The van der Waals surface area contributed by atoms with Crippen LogP contribution in [0.25, 0.3) is 5.69 Å². The lowest BCUT2D eigenvalue weighted by molar-refractivity contribution is -0.122. The van der Waals surface area contributed by atoms with Crippen LogP contribution in [0.15, 0.2) is 29.4 Å². The minimum Gasteiger partial charge on any atom is -0.273 e. The molecule has 1 aromatic heterocycles. The van der Waals surface area contributed by atoms with E-state index in [0.717, 1.165) is 12.8 Å². The van der Waals surface area contributed by atoms with Gasteiger partial charge in [0, 0.05) is 5.92 Å². The van der Waals surface area contributed by atoms with E-state index in [1.54, 1.807) is 19.1 Å². The molecule has 0 bridgehead atoms. The van der Waals surface area contributed by atoms with Gasteiger partial charge in [0.2, 0.25) is 5.91 Å². The van der Waals surface area contributed by atoms with E-state index in [2.05, 4.69) is 15.6 Å². The molecular formula is C15H14ClFN4O. The predicted molar refractivity (Wildman–Crippen MR) is 81.7 cm³/mol. The number of aryl methyl sites for hydroxylation is 1. The van der Waals surface area contributed by atoms with Crippen LogP contribution in [0.2, 0.25) is 5.15 Å². The van der Waals surface area contributed by atoms with Crippen LogP contribution in [0.1, 0.15) is 24.1 Å². The number of rotatable bonds is 4. The number of amides is 1. The second-order valence-electron chi connectivity index (χ2n) is 5.19. The number of hydrogen-bond acceptors (Lipinski definition) is 3. The van der Waals surface area contributed by atoms with E-state index in [1.807, 2.05) is 0 Å². The van der Waals surface area contributed by atoms with Gasteiger partial charge >= 0.3 is 0 Å². The molecule has 1 saturated carbocycles. The molecule has 0 unspecified atom stereocenters. The van der Waals surface area contributed by atoms with Gasteiger partial charge < -0.3 is 0 Å². The highest BCUT2D eigenvalue weighted by molar-refractivity contribution is 6.32. The van der Waals surface area contributed by atoms with E-state index < -0.39 is 0 Å². The van der Waals surface area contributed by atoms with Gasteiger partial charge in [-0.1, -0.05) is 11.6 Å². The number of hydrogen-bond donors (Lipinski definition) is 1. The molecular weight excluding hydrogens is 307 g/mol. The quantitative estimate of drug-likeness (QED) is 0.695. The van der Waals surface area contributed by atoms with Gasteiger partial charge in [-0.25, -0.2) is 14.5 Å². The molecule has 0 radical (unpaired) electrons. The molecule has 2 aromatic rings. The average Bonchev–Trinajstić information content (AvgIpc) is 3.30. The van der Waals surface area contributed by atoms with E-state index >= 15 is 0 Å². The molecule has 7 heteroatoms. The van der Waals surface area contributed by atoms with Crippen molar-refractivity contribution >= 4 is 23.7 Å². The summed E-state index contributed by atoms with van der Waals surface area (Å²) in [6, 6.07) is 5.85. The Morgan fingerprint density at radius 2 is 2.14 bits per heavy atom. The summed E-state index contributed by atoms with van der Waals surface area (Å²) < 4.78 is 14.5. The van der Waals surface area contributed by atoms with Crippen molar-refractivity contribution in [3.8, 4) is 5.69 Å². The van der Waals surface area contributed by atoms with E-state index in [0.29, 0.717) is 22.1 Å². The molecule has 0 atom stereocenters. The zero-order valence-corrected chi connectivity index (χ0v) is 12.6. The van der Waals surface area contributed by atoms with Crippen molar-refractivity contribution in [1.29, 1.82) is 0 Å². The number of nitrogens with zero attached hydrogens (tertiary/aromatic N) is 3. The van der Waals surface area contributed by atoms with Crippen LogP contribution < -0.4 is 5.43 Å². The van der Waals surface area contributed by atoms with Gasteiger partial charge in [-0.05, 0) is 44.0 Å². The molecule has 0 saturated heterocycles. The van der Waals surface area contributed by atoms with Gasteiger partial charge in [-0.15, -0.1) is 0 Å². The topological polar surface area (TPSA) is 59.3 Å². The lowest BCUT2D eigenvalue weighted by atomic mass is 10.3. The summed E-state index contributed by atoms with van der Waals surface area (Å²) in [5.41, 5.74) is 4.42. The van der Waals surface area contributed by atoms with Gasteiger partial charge in [0.1, 0.15) is 11.0 Å². The summed E-state index contributed by atoms with van der Waals surface area (Å²) in [6.45, 7) is 1.79. The van der Waals surface area contributed by atoms with Gasteiger partial charge in [-0.2, -0.15) is 10.2 Å². The lowest BCUT2D eigenvalue weighted by Crippen LogP contribution is -2.19. The van der Waals surface area contributed by atoms with Crippen molar-refractivity contribution < 1.29 is 9.18 Å². The lowest BCUT2D eigenvalue weighted by Gasteiger charge is -2.02. The van der Waals surface area contributed by atoms with Gasteiger partial charge in [0.25, 0.3) is 0 Å². The number of hydrazone groups is 1. The number of halogens is 2. The van der Waals surface area contributed by atoms with E-state index in [4.69, 9.17) is 11.6 Å². The molecule has 1 aliphatic rings. The van der Waals surface area contributed by atoms with Crippen LogP contribution in [0.4, 0.5) is 4.39 Å². The van der Waals surface area contributed by atoms with Crippen LogP contribution in [0.3, 0.4) is 0 Å². The molecule has 1 amide bonds. The third-order valence-electron chi connectivity index (χ3n) is 3.44. The second-order valence-corrected chi connectivity index (χ2v) is 5.54. The number of aromatic nitrogens is 2. The number of carbonyl (C=O) groups is 1. The highest BCUT2D eigenvalue weighted by Gasteiger charge is 2.29. The standard InChI is InChI=1S/C15H14ClFN4O/c1-9-13(8-18-19-15(22)10-2-3-10)14(16)21(20-9)12-6-4-11(17)5-7-12/h4-8,10H,2-3H2,1H3,(H,19,22)/b18-8-. The molecule has 1 aromatic carbocycles. The Kier molecular flexibility index (Phi) is 3.94. The summed E-state index contributed by atoms with van der Waals surface area (Å²) in [6.07, 6.45) is 3.32. The van der Waals surface area contributed by atoms with Crippen LogP contribution in [0, 0.1) is 18.7 Å². The monoisotopic (exact) mass is 320 g/mol. The number of benzene rings is 1. The summed E-state index contributed by atoms with van der Waals surface area (Å²) in [5, 5.41) is 8.59. The molecule has 114 valence electrons. The van der Waals surface area contributed by atoms with E-state index in [-0.39, 0.29) is 17.6 Å². The Bertz CT molecular complexity index is 735. The molecule has 1 aliphatic carbocycles. The van der Waals surface area contributed by atoms with E-state index in [1.165, 1.54) is 23.0 Å². The van der Waals surface area contributed by atoms with Crippen molar-refractivity contribution in [2.75, 3.05) is 0 Å². The van der Waals surface area contributed by atoms with E-state index in [9.17, 15) is 9.18 Å². The van der Waals surface area contributed by atoms with Crippen molar-refractivity contribution in [2.45, 2.75) is 19.8 Å². The molecule has 0 aliphatic heterocycles. The smallest absolute Gasteiger partial charge is 0.243 e. The Labute approximate surface area is 131 Å². The first-order valence-corrected chi connectivity index (χ1v) is 7.28. The summed E-state index contributed by atoms with van der Waals surface area (Å²) in [4.78, 5) is 11.5. The third kappa shape index (κ3) is 3.01. The zero-order chi connectivity index (χ0) is 15.7.